The maximum absolute atomic E-state index is 4.22. The summed E-state index contributed by atoms with van der Waals surface area (Å²) in [5.41, 5.74) is 0. The predicted molar refractivity (Wildman–Crippen MR) is 89.6 cm³/mol. The molecule has 0 aliphatic carbocycles. The molecule has 8 heteroatoms. The third kappa shape index (κ3) is 4.82. The molecular formula is C13H19BrN6S. The van der Waals surface area contributed by atoms with Gasteiger partial charge in [0.2, 0.25) is 0 Å². The van der Waals surface area contributed by atoms with E-state index in [0.29, 0.717) is 0 Å². The maximum atomic E-state index is 4.22. The molecule has 21 heavy (non-hydrogen) atoms. The molecule has 0 aliphatic heterocycles. The predicted octanol–water partition coefficient (Wildman–Crippen LogP) is 2.03. The van der Waals surface area contributed by atoms with Crippen LogP contribution in [0.1, 0.15) is 17.6 Å². The van der Waals surface area contributed by atoms with Gasteiger partial charge in [0, 0.05) is 31.4 Å². The van der Waals surface area contributed by atoms with Crippen LogP contribution in [0.2, 0.25) is 0 Å². The van der Waals surface area contributed by atoms with Gasteiger partial charge >= 0.3 is 0 Å². The van der Waals surface area contributed by atoms with Crippen LogP contribution in [-0.2, 0) is 19.5 Å². The van der Waals surface area contributed by atoms with Crippen LogP contribution < -0.4 is 10.6 Å². The fraction of sp³-hybridized carbons (Fsp3) is 0.462. The summed E-state index contributed by atoms with van der Waals surface area (Å²) in [5, 5.41) is 14.6. The Balaban J connectivity index is 1.75. The van der Waals surface area contributed by atoms with Crippen molar-refractivity contribution in [2.75, 3.05) is 13.6 Å². The van der Waals surface area contributed by atoms with E-state index in [1.54, 1.807) is 24.7 Å². The molecule has 0 fully saturated rings. The highest BCUT2D eigenvalue weighted by Crippen LogP contribution is 2.21. The standard InChI is InChI=1S/C13H19BrN6S/c1-3-12-19-18-9-20(12)7-6-16-13(15-2)17-8-10-4-5-11(14)21-10/h4-5,9H,3,6-8H2,1-2H3,(H2,15,16,17). The van der Waals surface area contributed by atoms with E-state index in [1.807, 2.05) is 0 Å². The minimum atomic E-state index is 0.767. The molecule has 6 nitrogen and oxygen atoms in total. The zero-order valence-electron chi connectivity index (χ0n) is 12.1. The van der Waals surface area contributed by atoms with Crippen molar-refractivity contribution in [1.29, 1.82) is 0 Å². The van der Waals surface area contributed by atoms with E-state index >= 15 is 0 Å². The number of nitrogens with zero attached hydrogens (tertiary/aromatic N) is 4. The Labute approximate surface area is 136 Å². The highest BCUT2D eigenvalue weighted by molar-refractivity contribution is 9.11. The fourth-order valence-electron chi connectivity index (χ4n) is 1.87. The van der Waals surface area contributed by atoms with Gasteiger partial charge in [0.1, 0.15) is 12.2 Å². The van der Waals surface area contributed by atoms with Gasteiger partial charge in [-0.15, -0.1) is 21.5 Å². The monoisotopic (exact) mass is 370 g/mol. The van der Waals surface area contributed by atoms with Crippen molar-refractivity contribution in [1.82, 2.24) is 25.4 Å². The number of hydrogen-bond donors (Lipinski definition) is 2. The molecule has 2 rings (SSSR count). The van der Waals surface area contributed by atoms with Gasteiger partial charge in [-0.05, 0) is 28.1 Å². The first-order valence-electron chi connectivity index (χ1n) is 6.78. The Morgan fingerprint density at radius 2 is 2.29 bits per heavy atom. The number of aromatic nitrogens is 3. The minimum absolute atomic E-state index is 0.767. The first-order valence-corrected chi connectivity index (χ1v) is 8.39. The van der Waals surface area contributed by atoms with Crippen LogP contribution in [0.15, 0.2) is 27.2 Å². The Kier molecular flexibility index (Phi) is 6.19. The maximum Gasteiger partial charge on any atom is 0.191 e. The molecule has 0 unspecified atom stereocenters. The highest BCUT2D eigenvalue weighted by Gasteiger charge is 2.03. The van der Waals surface area contributed by atoms with Crippen molar-refractivity contribution in [3.05, 3.63) is 32.9 Å². The van der Waals surface area contributed by atoms with Gasteiger partial charge in [-0.25, -0.2) is 0 Å². The van der Waals surface area contributed by atoms with Crippen LogP contribution in [0.4, 0.5) is 0 Å². The summed E-state index contributed by atoms with van der Waals surface area (Å²) in [6.45, 7) is 4.44. The third-order valence-corrected chi connectivity index (χ3v) is 4.56. The average Bonchev–Trinajstić information content (AvgIpc) is 3.11. The number of aliphatic imine (C=N–C) groups is 1. The molecule has 2 N–H and O–H groups in total. The summed E-state index contributed by atoms with van der Waals surface area (Å²) in [4.78, 5) is 5.48. The van der Waals surface area contributed by atoms with Gasteiger partial charge in [0.25, 0.3) is 0 Å². The van der Waals surface area contributed by atoms with E-state index in [-0.39, 0.29) is 0 Å². The van der Waals surface area contributed by atoms with Crippen molar-refractivity contribution in [2.45, 2.75) is 26.4 Å². The Morgan fingerprint density at radius 1 is 1.43 bits per heavy atom. The number of guanidine groups is 1. The van der Waals surface area contributed by atoms with E-state index in [2.05, 4.69) is 65.4 Å². The van der Waals surface area contributed by atoms with Gasteiger partial charge in [0.05, 0.1) is 10.3 Å². The van der Waals surface area contributed by atoms with Crippen LogP contribution in [0, 0.1) is 0 Å². The molecule has 0 aromatic carbocycles. The summed E-state index contributed by atoms with van der Waals surface area (Å²) < 4.78 is 3.19. The quantitative estimate of drug-likeness (QED) is 0.602. The van der Waals surface area contributed by atoms with Crippen LogP contribution in [0.3, 0.4) is 0 Å². The first-order chi connectivity index (χ1) is 10.2. The molecule has 0 aliphatic rings. The molecule has 0 spiro atoms. The second kappa shape index (κ2) is 8.14. The lowest BCUT2D eigenvalue weighted by molar-refractivity contribution is 0.633. The van der Waals surface area contributed by atoms with Crippen LogP contribution in [0.5, 0.6) is 0 Å². The van der Waals surface area contributed by atoms with Crippen LogP contribution in [0.25, 0.3) is 0 Å². The van der Waals surface area contributed by atoms with Crippen molar-refractivity contribution >= 4 is 33.2 Å². The zero-order chi connectivity index (χ0) is 15.1. The lowest BCUT2D eigenvalue weighted by Crippen LogP contribution is -2.38. The summed E-state index contributed by atoms with van der Waals surface area (Å²) >= 11 is 5.18. The summed E-state index contributed by atoms with van der Waals surface area (Å²) in [6.07, 6.45) is 2.65. The molecule has 0 atom stereocenters. The average molecular weight is 371 g/mol. The molecule has 2 aromatic rings. The number of aryl methyl sites for hydroxylation is 1. The Bertz CT molecular complexity index is 591. The summed E-state index contributed by atoms with van der Waals surface area (Å²) in [7, 11) is 1.77. The highest BCUT2D eigenvalue weighted by atomic mass is 79.9. The van der Waals surface area contributed by atoms with Gasteiger partial charge in [-0.1, -0.05) is 6.92 Å². The normalized spacial score (nSPS) is 11.7. The van der Waals surface area contributed by atoms with Gasteiger partial charge in [0.15, 0.2) is 5.96 Å². The van der Waals surface area contributed by atoms with E-state index in [4.69, 9.17) is 0 Å². The van der Waals surface area contributed by atoms with Crippen molar-refractivity contribution in [3.8, 4) is 0 Å². The molecule has 0 saturated carbocycles. The SMILES string of the molecule is CCc1nncn1CCNC(=NC)NCc1ccc(Br)s1. The first kappa shape index (κ1) is 16.0. The van der Waals surface area contributed by atoms with Crippen LogP contribution in [-0.4, -0.2) is 34.3 Å². The smallest absolute Gasteiger partial charge is 0.191 e. The largest absolute Gasteiger partial charge is 0.355 e. The number of hydrogen-bond acceptors (Lipinski definition) is 4. The van der Waals surface area contributed by atoms with Gasteiger partial charge in [-0.3, -0.25) is 4.99 Å². The van der Waals surface area contributed by atoms with Crippen molar-refractivity contribution in [3.63, 3.8) is 0 Å². The number of thiophene rings is 1. The zero-order valence-corrected chi connectivity index (χ0v) is 14.5. The lowest BCUT2D eigenvalue weighted by Gasteiger charge is -2.12. The molecule has 0 amide bonds. The van der Waals surface area contributed by atoms with Crippen LogP contribution >= 0.6 is 27.3 Å². The van der Waals surface area contributed by atoms with Gasteiger partial charge < -0.3 is 15.2 Å². The second-order valence-electron chi connectivity index (χ2n) is 4.35. The Morgan fingerprint density at radius 3 is 2.95 bits per heavy atom. The Hall–Kier alpha value is -1.41. The topological polar surface area (TPSA) is 67.1 Å². The number of rotatable bonds is 6. The molecule has 2 aromatic heterocycles. The van der Waals surface area contributed by atoms with E-state index in [9.17, 15) is 0 Å². The fourth-order valence-corrected chi connectivity index (χ4v) is 3.30. The van der Waals surface area contributed by atoms with Gasteiger partial charge in [-0.2, -0.15) is 0 Å². The van der Waals surface area contributed by atoms with Crippen molar-refractivity contribution in [2.24, 2.45) is 4.99 Å². The second-order valence-corrected chi connectivity index (χ2v) is 6.90. The molecule has 0 bridgehead atoms. The molecule has 0 saturated heterocycles. The van der Waals surface area contributed by atoms with E-state index < -0.39 is 0 Å². The molecular weight excluding hydrogens is 352 g/mol. The van der Waals surface area contributed by atoms with E-state index in [1.165, 1.54) is 4.88 Å². The molecule has 2 heterocycles. The molecule has 114 valence electrons. The third-order valence-electron chi connectivity index (χ3n) is 2.94. The minimum Gasteiger partial charge on any atom is -0.355 e. The van der Waals surface area contributed by atoms with E-state index in [0.717, 1.165) is 41.6 Å². The van der Waals surface area contributed by atoms with Crippen molar-refractivity contribution < 1.29 is 0 Å². The summed E-state index contributed by atoms with van der Waals surface area (Å²) in [5.74, 6) is 1.80. The number of halogens is 1. The molecule has 0 radical (unpaired) electrons. The lowest BCUT2D eigenvalue weighted by atomic mass is 10.4. The summed E-state index contributed by atoms with van der Waals surface area (Å²) in [6, 6.07) is 4.15. The number of nitrogens with one attached hydrogen (secondary N) is 2.